The molecule has 0 aliphatic heterocycles. The Hall–Kier alpha value is -3.75. The van der Waals surface area contributed by atoms with Crippen molar-refractivity contribution in [2.45, 2.75) is 42.6 Å². The summed E-state index contributed by atoms with van der Waals surface area (Å²) in [5.41, 5.74) is -8.40. The number of hydrogen-bond donors (Lipinski definition) is 1. The molecule has 0 bridgehead atoms. The molecule has 0 saturated heterocycles. The molecule has 3 aromatic rings. The van der Waals surface area contributed by atoms with Gasteiger partial charge in [0.1, 0.15) is 16.9 Å². The van der Waals surface area contributed by atoms with Crippen LogP contribution in [0.2, 0.25) is 0 Å². The molecule has 222 valence electrons. The average Bonchev–Trinajstić information content (AvgIpc) is 2.87. The quantitative estimate of drug-likeness (QED) is 0.203. The number of nitrogens with one attached hydrogen (secondary N) is 1. The summed E-state index contributed by atoms with van der Waals surface area (Å²) in [7, 11) is 0. The zero-order valence-electron chi connectivity index (χ0n) is 20.3. The number of pyridine rings is 1. The first-order valence-electron chi connectivity index (χ1n) is 11.2. The lowest BCUT2D eigenvalue weighted by Gasteiger charge is -2.34. The third kappa shape index (κ3) is 7.13. The van der Waals surface area contributed by atoms with Crippen molar-refractivity contribution in [3.05, 3.63) is 78.0 Å². The monoisotopic (exact) mass is 618 g/mol. The number of benzene rings is 2. The Morgan fingerprint density at radius 2 is 1.39 bits per heavy atom. The summed E-state index contributed by atoms with van der Waals surface area (Å²) in [6, 6.07) is 10.8. The Labute approximate surface area is 230 Å². The van der Waals surface area contributed by atoms with Crippen LogP contribution in [0.25, 0.3) is 0 Å². The second kappa shape index (κ2) is 11.6. The summed E-state index contributed by atoms with van der Waals surface area (Å²) in [5, 5.41) is -1.22. The van der Waals surface area contributed by atoms with Crippen LogP contribution in [0.3, 0.4) is 0 Å². The van der Waals surface area contributed by atoms with Crippen molar-refractivity contribution in [1.82, 2.24) is 4.98 Å². The highest BCUT2D eigenvalue weighted by Crippen LogP contribution is 2.56. The van der Waals surface area contributed by atoms with Gasteiger partial charge in [-0.15, -0.1) is 11.6 Å². The lowest BCUT2D eigenvalue weighted by Crippen LogP contribution is -2.56. The van der Waals surface area contributed by atoms with Crippen LogP contribution in [0.15, 0.2) is 66.9 Å². The van der Waals surface area contributed by atoms with Crippen LogP contribution in [0.4, 0.5) is 49.6 Å². The number of nitrogens with zero attached hydrogens (tertiary/aromatic N) is 1. The summed E-state index contributed by atoms with van der Waals surface area (Å²) >= 11 is 5.42. The standard InChI is InChI=1S/C25H17ClF10N2O3/c1-13(40-15-7-9-16(10-8-15)41-19-11-6-14(12-37-19)23(28,29)30)21(39)38-18-5-3-2-4-17(18)20(26)22(27,24(31,32)33)25(34,35)36/h2-13,20H,1H3,(H,38,39). The van der Waals surface area contributed by atoms with Crippen LogP contribution in [0.1, 0.15) is 23.4 Å². The smallest absolute Gasteiger partial charge is 0.433 e. The average molecular weight is 619 g/mol. The topological polar surface area (TPSA) is 60.5 Å². The molecular weight excluding hydrogens is 602 g/mol. The second-order valence-corrected chi connectivity index (χ2v) is 8.80. The largest absolute Gasteiger partial charge is 0.481 e. The van der Waals surface area contributed by atoms with E-state index in [1.165, 1.54) is 37.3 Å². The van der Waals surface area contributed by atoms with Gasteiger partial charge in [0.15, 0.2) is 6.10 Å². The van der Waals surface area contributed by atoms with Gasteiger partial charge in [0.2, 0.25) is 5.88 Å². The predicted octanol–water partition coefficient (Wildman–Crippen LogP) is 8.41. The zero-order valence-corrected chi connectivity index (χ0v) is 21.1. The fourth-order valence-electron chi connectivity index (χ4n) is 3.30. The van der Waals surface area contributed by atoms with Gasteiger partial charge in [-0.3, -0.25) is 4.79 Å². The molecule has 0 fully saturated rings. The normalized spacial score (nSPS) is 14.2. The number of rotatable bonds is 8. The van der Waals surface area contributed by atoms with Gasteiger partial charge in [0.25, 0.3) is 5.91 Å². The number of aromatic nitrogens is 1. The van der Waals surface area contributed by atoms with Gasteiger partial charge < -0.3 is 14.8 Å². The lowest BCUT2D eigenvalue weighted by molar-refractivity contribution is -0.342. The SMILES string of the molecule is CC(Oc1ccc(Oc2ccc(C(F)(F)F)cn2)cc1)C(=O)Nc1ccccc1C(Cl)C(F)(C(F)(F)F)C(F)(F)F. The third-order valence-corrected chi connectivity index (χ3v) is 5.99. The van der Waals surface area contributed by atoms with Crippen LogP contribution < -0.4 is 14.8 Å². The molecule has 1 N–H and O–H groups in total. The molecule has 3 rings (SSSR count). The molecule has 1 heterocycles. The van der Waals surface area contributed by atoms with Gasteiger partial charge in [-0.2, -0.15) is 39.5 Å². The van der Waals surface area contributed by atoms with Crippen molar-refractivity contribution in [1.29, 1.82) is 0 Å². The van der Waals surface area contributed by atoms with Gasteiger partial charge in [0.05, 0.1) is 5.56 Å². The molecule has 2 unspecified atom stereocenters. The van der Waals surface area contributed by atoms with Gasteiger partial charge in [-0.1, -0.05) is 18.2 Å². The number of halogens is 11. The fourth-order valence-corrected chi connectivity index (χ4v) is 3.74. The maximum absolute atomic E-state index is 14.5. The molecule has 16 heteroatoms. The van der Waals surface area contributed by atoms with E-state index >= 15 is 0 Å². The van der Waals surface area contributed by atoms with Crippen molar-refractivity contribution in [3.63, 3.8) is 0 Å². The van der Waals surface area contributed by atoms with E-state index < -0.39 is 58.4 Å². The van der Waals surface area contributed by atoms with E-state index in [9.17, 15) is 48.7 Å². The number of ether oxygens (including phenoxy) is 2. The number of anilines is 1. The number of para-hydroxylation sites is 1. The summed E-state index contributed by atoms with van der Waals surface area (Å²) in [6.07, 6.45) is -18.2. The first kappa shape index (κ1) is 31.8. The van der Waals surface area contributed by atoms with Crippen molar-refractivity contribution in [2.24, 2.45) is 0 Å². The number of amides is 1. The highest BCUT2D eigenvalue weighted by Gasteiger charge is 2.76. The molecule has 0 aliphatic carbocycles. The summed E-state index contributed by atoms with van der Waals surface area (Å²) < 4.78 is 142. The Kier molecular flexibility index (Phi) is 9.01. The lowest BCUT2D eigenvalue weighted by atomic mass is 9.93. The molecule has 0 saturated carbocycles. The Morgan fingerprint density at radius 1 is 0.829 bits per heavy atom. The van der Waals surface area contributed by atoms with Gasteiger partial charge in [-0.05, 0) is 48.9 Å². The number of carbonyl (C=O) groups excluding carboxylic acids is 1. The third-order valence-electron chi connectivity index (χ3n) is 5.46. The molecule has 0 aliphatic rings. The van der Waals surface area contributed by atoms with Crippen LogP contribution in [0.5, 0.6) is 17.4 Å². The van der Waals surface area contributed by atoms with E-state index in [1.54, 1.807) is 0 Å². The van der Waals surface area contributed by atoms with E-state index in [-0.39, 0.29) is 17.4 Å². The summed E-state index contributed by atoms with van der Waals surface area (Å²) in [4.78, 5) is 16.2. The first-order chi connectivity index (χ1) is 18.8. The van der Waals surface area contributed by atoms with Crippen LogP contribution in [-0.4, -0.2) is 35.0 Å². The van der Waals surface area contributed by atoms with E-state index in [0.29, 0.717) is 12.3 Å². The molecular formula is C25H17ClF10N2O3. The summed E-state index contributed by atoms with van der Waals surface area (Å²) in [6.45, 7) is 1.21. The number of alkyl halides is 11. The highest BCUT2D eigenvalue weighted by atomic mass is 35.5. The van der Waals surface area contributed by atoms with Crippen LogP contribution in [-0.2, 0) is 11.0 Å². The van der Waals surface area contributed by atoms with Gasteiger partial charge in [-0.25, -0.2) is 9.37 Å². The maximum Gasteiger partial charge on any atom is 0.433 e. The zero-order chi connectivity index (χ0) is 30.8. The first-order valence-corrected chi connectivity index (χ1v) is 11.6. The van der Waals surface area contributed by atoms with Crippen LogP contribution in [0, 0.1) is 0 Å². The van der Waals surface area contributed by atoms with E-state index in [1.807, 2.05) is 0 Å². The minimum absolute atomic E-state index is 0.0563. The second-order valence-electron chi connectivity index (χ2n) is 8.36. The van der Waals surface area contributed by atoms with Crippen molar-refractivity contribution >= 4 is 23.2 Å². The Morgan fingerprint density at radius 3 is 1.90 bits per heavy atom. The van der Waals surface area contributed by atoms with Crippen molar-refractivity contribution in [2.75, 3.05) is 5.32 Å². The molecule has 2 aromatic carbocycles. The molecule has 0 radical (unpaired) electrons. The van der Waals surface area contributed by atoms with Crippen molar-refractivity contribution in [3.8, 4) is 17.4 Å². The Balaban J connectivity index is 1.70. The molecule has 1 aromatic heterocycles. The minimum Gasteiger partial charge on any atom is -0.481 e. The van der Waals surface area contributed by atoms with E-state index in [2.05, 4.69) is 10.3 Å². The minimum atomic E-state index is -6.43. The molecule has 1 amide bonds. The number of hydrogen-bond acceptors (Lipinski definition) is 4. The van der Waals surface area contributed by atoms with Gasteiger partial charge in [0, 0.05) is 18.0 Å². The van der Waals surface area contributed by atoms with E-state index in [4.69, 9.17) is 21.1 Å². The number of carbonyl (C=O) groups is 1. The fraction of sp³-hybridized carbons (Fsp3) is 0.280. The molecule has 5 nitrogen and oxygen atoms in total. The van der Waals surface area contributed by atoms with Gasteiger partial charge >= 0.3 is 24.2 Å². The van der Waals surface area contributed by atoms with Crippen molar-refractivity contribution < 1.29 is 58.2 Å². The van der Waals surface area contributed by atoms with Crippen LogP contribution >= 0.6 is 11.6 Å². The maximum atomic E-state index is 14.5. The highest BCUT2D eigenvalue weighted by molar-refractivity contribution is 6.22. The predicted molar refractivity (Wildman–Crippen MR) is 125 cm³/mol. The Bertz CT molecular complexity index is 1330. The van der Waals surface area contributed by atoms with E-state index in [0.717, 1.165) is 24.3 Å². The molecule has 0 spiro atoms. The molecule has 2 atom stereocenters. The molecule has 41 heavy (non-hydrogen) atoms. The summed E-state index contributed by atoms with van der Waals surface area (Å²) in [5.74, 6) is -0.989.